The van der Waals surface area contributed by atoms with Crippen molar-refractivity contribution < 1.29 is 0 Å². The van der Waals surface area contributed by atoms with Gasteiger partial charge < -0.3 is 0 Å². The van der Waals surface area contributed by atoms with E-state index in [0.29, 0.717) is 0 Å². The lowest BCUT2D eigenvalue weighted by Gasteiger charge is -2.03. The summed E-state index contributed by atoms with van der Waals surface area (Å²) in [6.07, 6.45) is 13.8. The molecule has 0 aromatic carbocycles. The van der Waals surface area contributed by atoms with Gasteiger partial charge in [0.05, 0.1) is 0 Å². The Bertz CT molecular complexity index is 218. The molecule has 0 bridgehead atoms. The zero-order valence-corrected chi connectivity index (χ0v) is 10.7. The van der Waals surface area contributed by atoms with Crippen molar-refractivity contribution in [2.75, 3.05) is 0 Å². The summed E-state index contributed by atoms with van der Waals surface area (Å²) in [6.45, 7) is 10.4. The van der Waals surface area contributed by atoms with Gasteiger partial charge in [0.1, 0.15) is 0 Å². The molecule has 15 heavy (non-hydrogen) atoms. The molecule has 0 nitrogen and oxygen atoms in total. The molecule has 0 amide bonds. The van der Waals surface area contributed by atoms with Crippen molar-refractivity contribution in [2.24, 2.45) is 0 Å². The monoisotopic (exact) mass is 206 g/mol. The molecule has 0 radical (unpaired) electrons. The Hall–Kier alpha value is -0.780. The first kappa shape index (κ1) is 14.2. The largest absolute Gasteiger partial charge is 0.103 e. The Kier molecular flexibility index (Phi) is 9.26. The summed E-state index contributed by atoms with van der Waals surface area (Å²) >= 11 is 0. The predicted octanol–water partition coefficient (Wildman–Crippen LogP) is 5.43. The molecule has 0 heterocycles. The first-order valence-corrected chi connectivity index (χ1v) is 6.19. The molecule has 0 aliphatic heterocycles. The molecule has 0 unspecified atom stereocenters. The van der Waals surface area contributed by atoms with Gasteiger partial charge in [-0.2, -0.15) is 0 Å². The van der Waals surface area contributed by atoms with Crippen LogP contribution < -0.4 is 0 Å². The summed E-state index contributed by atoms with van der Waals surface area (Å²) in [7, 11) is 0. The molecule has 0 N–H and O–H groups in total. The SMILES string of the molecule is C=CCC/C=C(/CC)CC/C=C(\C)CC. The minimum absolute atomic E-state index is 1.10. The van der Waals surface area contributed by atoms with Crippen LogP contribution in [0.2, 0.25) is 0 Å². The van der Waals surface area contributed by atoms with Crippen LogP contribution in [0.4, 0.5) is 0 Å². The third-order valence-electron chi connectivity index (χ3n) is 2.77. The van der Waals surface area contributed by atoms with Crippen molar-refractivity contribution in [3.05, 3.63) is 36.0 Å². The molecular weight excluding hydrogens is 180 g/mol. The summed E-state index contributed by atoms with van der Waals surface area (Å²) in [4.78, 5) is 0. The molecule has 0 atom stereocenters. The molecule has 0 aromatic rings. The summed E-state index contributed by atoms with van der Waals surface area (Å²) in [6, 6.07) is 0. The van der Waals surface area contributed by atoms with E-state index in [1.165, 1.54) is 31.3 Å². The topological polar surface area (TPSA) is 0 Å². The number of hydrogen-bond acceptors (Lipinski definition) is 0. The normalized spacial score (nSPS) is 13.0. The molecule has 0 aromatic heterocycles. The van der Waals surface area contributed by atoms with Gasteiger partial charge in [-0.3, -0.25) is 0 Å². The van der Waals surface area contributed by atoms with Gasteiger partial charge in [0.15, 0.2) is 0 Å². The van der Waals surface area contributed by atoms with Crippen LogP contribution in [0.15, 0.2) is 36.0 Å². The first-order valence-electron chi connectivity index (χ1n) is 6.19. The van der Waals surface area contributed by atoms with Crippen LogP contribution in [0.1, 0.15) is 59.3 Å². The van der Waals surface area contributed by atoms with E-state index in [0.717, 1.165) is 12.8 Å². The summed E-state index contributed by atoms with van der Waals surface area (Å²) in [5.41, 5.74) is 3.11. The Morgan fingerprint density at radius 2 is 1.73 bits per heavy atom. The molecular formula is C15H26. The molecule has 0 aliphatic carbocycles. The standard InChI is InChI=1S/C15H26/c1-5-8-9-12-15(7-3)13-10-11-14(4)6-2/h5,11-12H,1,6-10,13H2,2-4H3/b14-11+,15-12-. The number of rotatable bonds is 8. The number of allylic oxidation sites excluding steroid dienone is 5. The van der Waals surface area contributed by atoms with Crippen molar-refractivity contribution in [2.45, 2.75) is 59.3 Å². The highest BCUT2D eigenvalue weighted by molar-refractivity contribution is 5.05. The van der Waals surface area contributed by atoms with Gasteiger partial charge in [0.2, 0.25) is 0 Å². The lowest BCUT2D eigenvalue weighted by atomic mass is 10.0. The van der Waals surface area contributed by atoms with Crippen LogP contribution in [0.5, 0.6) is 0 Å². The van der Waals surface area contributed by atoms with Crippen LogP contribution in [-0.4, -0.2) is 0 Å². The Balaban J connectivity index is 3.89. The fourth-order valence-corrected chi connectivity index (χ4v) is 1.48. The maximum atomic E-state index is 3.74. The molecule has 0 saturated heterocycles. The second-order valence-electron chi connectivity index (χ2n) is 4.02. The average Bonchev–Trinajstić information content (AvgIpc) is 2.26. The van der Waals surface area contributed by atoms with E-state index in [4.69, 9.17) is 0 Å². The Morgan fingerprint density at radius 1 is 1.00 bits per heavy atom. The quantitative estimate of drug-likeness (QED) is 0.367. The molecule has 0 spiro atoms. The molecule has 0 saturated carbocycles. The second-order valence-corrected chi connectivity index (χ2v) is 4.02. The molecule has 0 aliphatic rings. The zero-order chi connectivity index (χ0) is 11.5. The fourth-order valence-electron chi connectivity index (χ4n) is 1.48. The third-order valence-corrected chi connectivity index (χ3v) is 2.77. The van der Waals surface area contributed by atoms with Gasteiger partial charge in [0.25, 0.3) is 0 Å². The number of unbranched alkanes of at least 4 members (excludes halogenated alkanes) is 1. The van der Waals surface area contributed by atoms with Crippen LogP contribution in [-0.2, 0) is 0 Å². The average molecular weight is 206 g/mol. The van der Waals surface area contributed by atoms with E-state index >= 15 is 0 Å². The zero-order valence-electron chi connectivity index (χ0n) is 10.7. The van der Waals surface area contributed by atoms with Crippen LogP contribution >= 0.6 is 0 Å². The van der Waals surface area contributed by atoms with Gasteiger partial charge in [-0.1, -0.05) is 43.2 Å². The minimum Gasteiger partial charge on any atom is -0.103 e. The van der Waals surface area contributed by atoms with Crippen molar-refractivity contribution in [1.82, 2.24) is 0 Å². The van der Waals surface area contributed by atoms with Crippen molar-refractivity contribution in [3.8, 4) is 0 Å². The molecule has 0 fully saturated rings. The van der Waals surface area contributed by atoms with Crippen LogP contribution in [0.25, 0.3) is 0 Å². The lowest BCUT2D eigenvalue weighted by Crippen LogP contribution is -1.82. The van der Waals surface area contributed by atoms with Crippen molar-refractivity contribution >= 4 is 0 Å². The van der Waals surface area contributed by atoms with E-state index in [9.17, 15) is 0 Å². The maximum Gasteiger partial charge on any atom is -0.0286 e. The van der Waals surface area contributed by atoms with E-state index in [1.54, 1.807) is 5.57 Å². The van der Waals surface area contributed by atoms with E-state index in [1.807, 2.05) is 6.08 Å². The lowest BCUT2D eigenvalue weighted by molar-refractivity contribution is 0.875. The van der Waals surface area contributed by atoms with Crippen LogP contribution in [0, 0.1) is 0 Å². The first-order chi connectivity index (χ1) is 7.24. The van der Waals surface area contributed by atoms with Crippen LogP contribution in [0.3, 0.4) is 0 Å². The maximum absolute atomic E-state index is 3.74. The van der Waals surface area contributed by atoms with Gasteiger partial charge in [-0.05, 0) is 45.4 Å². The fraction of sp³-hybridized carbons (Fsp3) is 0.600. The predicted molar refractivity (Wildman–Crippen MR) is 71.1 cm³/mol. The smallest absolute Gasteiger partial charge is 0.0286 e. The van der Waals surface area contributed by atoms with Crippen molar-refractivity contribution in [1.29, 1.82) is 0 Å². The number of hydrogen-bond donors (Lipinski definition) is 0. The van der Waals surface area contributed by atoms with Crippen molar-refractivity contribution in [3.63, 3.8) is 0 Å². The highest BCUT2D eigenvalue weighted by Crippen LogP contribution is 2.13. The Morgan fingerprint density at radius 3 is 2.27 bits per heavy atom. The van der Waals surface area contributed by atoms with E-state index in [-0.39, 0.29) is 0 Å². The van der Waals surface area contributed by atoms with Gasteiger partial charge >= 0.3 is 0 Å². The Labute approximate surface area is 95.8 Å². The summed E-state index contributed by atoms with van der Waals surface area (Å²) in [5, 5.41) is 0. The molecule has 0 heteroatoms. The highest BCUT2D eigenvalue weighted by Gasteiger charge is 1.93. The van der Waals surface area contributed by atoms with E-state index in [2.05, 4.69) is 39.5 Å². The summed E-state index contributed by atoms with van der Waals surface area (Å²) < 4.78 is 0. The third kappa shape index (κ3) is 8.23. The molecule has 86 valence electrons. The van der Waals surface area contributed by atoms with Gasteiger partial charge in [0, 0.05) is 0 Å². The minimum atomic E-state index is 1.10. The highest BCUT2D eigenvalue weighted by atomic mass is 14.0. The summed E-state index contributed by atoms with van der Waals surface area (Å²) in [5.74, 6) is 0. The van der Waals surface area contributed by atoms with Gasteiger partial charge in [-0.15, -0.1) is 6.58 Å². The van der Waals surface area contributed by atoms with Gasteiger partial charge in [-0.25, -0.2) is 0 Å². The second kappa shape index (κ2) is 9.76. The molecule has 0 rings (SSSR count). The van der Waals surface area contributed by atoms with E-state index < -0.39 is 0 Å².